The maximum atomic E-state index is 11.0. The van der Waals surface area contributed by atoms with Gasteiger partial charge in [0.1, 0.15) is 12.4 Å². The van der Waals surface area contributed by atoms with Crippen LogP contribution in [0.3, 0.4) is 0 Å². The van der Waals surface area contributed by atoms with E-state index in [9.17, 15) is 4.79 Å². The van der Waals surface area contributed by atoms with Crippen LogP contribution in [0.15, 0.2) is 41.5 Å². The van der Waals surface area contributed by atoms with E-state index in [1.807, 2.05) is 19.1 Å². The first-order valence-corrected chi connectivity index (χ1v) is 4.97. The number of nitrogens with one attached hydrogen (secondary N) is 1. The largest absolute Gasteiger partial charge is 0.489 e. The number of hydrogen-bond donors (Lipinski definition) is 1. The van der Waals surface area contributed by atoms with Crippen molar-refractivity contribution in [2.75, 3.05) is 0 Å². The quantitative estimate of drug-likeness (QED) is 0.848. The van der Waals surface area contributed by atoms with Crippen molar-refractivity contribution in [2.45, 2.75) is 13.5 Å². The normalized spacial score (nSPS) is 10.1. The first kappa shape index (κ1) is 10.4. The van der Waals surface area contributed by atoms with Crippen LogP contribution in [0.5, 0.6) is 5.75 Å². The summed E-state index contributed by atoms with van der Waals surface area (Å²) in [5.41, 5.74) is 1.78. The van der Waals surface area contributed by atoms with Gasteiger partial charge in [0.15, 0.2) is 0 Å². The summed E-state index contributed by atoms with van der Waals surface area (Å²) in [6.45, 7) is 2.35. The van der Waals surface area contributed by atoms with E-state index >= 15 is 0 Å². The molecule has 82 valence electrons. The molecule has 1 N–H and O–H groups in total. The van der Waals surface area contributed by atoms with Crippen LogP contribution in [0.2, 0.25) is 0 Å². The third kappa shape index (κ3) is 2.70. The average Bonchev–Trinajstić information content (AvgIpc) is 2.28. The van der Waals surface area contributed by atoms with Crippen LogP contribution in [0, 0.1) is 6.92 Å². The van der Waals surface area contributed by atoms with Crippen LogP contribution < -0.4 is 10.3 Å². The van der Waals surface area contributed by atoms with E-state index in [0.717, 1.165) is 11.3 Å². The fraction of sp³-hybridized carbons (Fsp3) is 0.167. The molecule has 0 aliphatic carbocycles. The Kier molecular flexibility index (Phi) is 3.00. The Morgan fingerprint density at radius 2 is 2.25 bits per heavy atom. The van der Waals surface area contributed by atoms with E-state index in [2.05, 4.69) is 9.97 Å². The number of pyridine rings is 2. The number of rotatable bonds is 3. The van der Waals surface area contributed by atoms with Crippen molar-refractivity contribution in [3.05, 3.63) is 58.3 Å². The van der Waals surface area contributed by atoms with Crippen molar-refractivity contribution < 1.29 is 4.74 Å². The lowest BCUT2D eigenvalue weighted by molar-refractivity contribution is 0.305. The van der Waals surface area contributed by atoms with Crippen LogP contribution in [-0.2, 0) is 6.61 Å². The molecule has 0 aliphatic rings. The van der Waals surface area contributed by atoms with Gasteiger partial charge in [-0.25, -0.2) is 0 Å². The number of aromatic nitrogens is 2. The maximum absolute atomic E-state index is 11.0. The molecule has 16 heavy (non-hydrogen) atoms. The minimum atomic E-state index is -0.167. The van der Waals surface area contributed by atoms with Crippen molar-refractivity contribution in [3.8, 4) is 5.75 Å². The standard InChI is InChI=1S/C12H12N2O2/c1-9-2-3-10(7-14-9)8-16-11-4-5-13-12(15)6-11/h2-7H,8H2,1H3,(H,13,15). The van der Waals surface area contributed by atoms with Gasteiger partial charge in [-0.2, -0.15) is 0 Å². The summed E-state index contributed by atoms with van der Waals surface area (Å²) < 4.78 is 5.45. The van der Waals surface area contributed by atoms with Gasteiger partial charge in [0.25, 0.3) is 5.56 Å². The van der Waals surface area contributed by atoms with Crippen molar-refractivity contribution in [2.24, 2.45) is 0 Å². The molecule has 2 heterocycles. The summed E-state index contributed by atoms with van der Waals surface area (Å²) >= 11 is 0. The molecule has 0 aromatic carbocycles. The lowest BCUT2D eigenvalue weighted by atomic mass is 10.3. The van der Waals surface area contributed by atoms with Crippen LogP contribution >= 0.6 is 0 Å². The van der Waals surface area contributed by atoms with Gasteiger partial charge in [-0.15, -0.1) is 0 Å². The van der Waals surface area contributed by atoms with E-state index in [-0.39, 0.29) is 5.56 Å². The second kappa shape index (κ2) is 4.61. The Morgan fingerprint density at radius 3 is 2.94 bits per heavy atom. The van der Waals surface area contributed by atoms with E-state index < -0.39 is 0 Å². The first-order chi connectivity index (χ1) is 7.74. The molecule has 0 aliphatic heterocycles. The SMILES string of the molecule is Cc1ccc(COc2cc[nH]c(=O)c2)cn1. The monoisotopic (exact) mass is 216 g/mol. The number of aryl methyl sites for hydroxylation is 1. The molecule has 0 saturated heterocycles. The van der Waals surface area contributed by atoms with E-state index in [4.69, 9.17) is 4.74 Å². The highest BCUT2D eigenvalue weighted by Gasteiger charge is 1.96. The lowest BCUT2D eigenvalue weighted by Gasteiger charge is -2.05. The maximum Gasteiger partial charge on any atom is 0.251 e. The summed E-state index contributed by atoms with van der Waals surface area (Å²) in [6.07, 6.45) is 3.33. The molecular formula is C12H12N2O2. The smallest absolute Gasteiger partial charge is 0.251 e. The zero-order chi connectivity index (χ0) is 11.4. The van der Waals surface area contributed by atoms with Gasteiger partial charge >= 0.3 is 0 Å². The Morgan fingerprint density at radius 1 is 1.38 bits per heavy atom. The van der Waals surface area contributed by atoms with Gasteiger partial charge in [0, 0.05) is 29.7 Å². The molecule has 0 unspecified atom stereocenters. The topological polar surface area (TPSA) is 55.0 Å². The van der Waals surface area contributed by atoms with Gasteiger partial charge in [-0.05, 0) is 19.1 Å². The highest BCUT2D eigenvalue weighted by Crippen LogP contribution is 2.08. The molecule has 0 bridgehead atoms. The predicted octanol–water partition coefficient (Wildman–Crippen LogP) is 1.66. The highest BCUT2D eigenvalue weighted by atomic mass is 16.5. The minimum absolute atomic E-state index is 0.167. The van der Waals surface area contributed by atoms with Gasteiger partial charge in [-0.1, -0.05) is 6.07 Å². The number of nitrogens with zero attached hydrogens (tertiary/aromatic N) is 1. The van der Waals surface area contributed by atoms with Crippen molar-refractivity contribution >= 4 is 0 Å². The van der Waals surface area contributed by atoms with Crippen LogP contribution in [0.4, 0.5) is 0 Å². The predicted molar refractivity (Wildman–Crippen MR) is 60.4 cm³/mol. The second-order valence-corrected chi connectivity index (χ2v) is 3.49. The molecule has 0 amide bonds. The van der Waals surface area contributed by atoms with Gasteiger partial charge in [0.05, 0.1) is 0 Å². The van der Waals surface area contributed by atoms with Crippen molar-refractivity contribution in [3.63, 3.8) is 0 Å². The number of hydrogen-bond acceptors (Lipinski definition) is 3. The van der Waals surface area contributed by atoms with E-state index in [1.165, 1.54) is 6.07 Å². The highest BCUT2D eigenvalue weighted by molar-refractivity contribution is 5.18. The summed E-state index contributed by atoms with van der Waals surface area (Å²) in [5, 5.41) is 0. The first-order valence-electron chi connectivity index (χ1n) is 4.97. The van der Waals surface area contributed by atoms with Gasteiger partial charge < -0.3 is 9.72 Å². The fourth-order valence-electron chi connectivity index (χ4n) is 1.27. The van der Waals surface area contributed by atoms with Crippen LogP contribution in [-0.4, -0.2) is 9.97 Å². The Bertz CT molecular complexity index is 517. The minimum Gasteiger partial charge on any atom is -0.489 e. The van der Waals surface area contributed by atoms with Crippen LogP contribution in [0.25, 0.3) is 0 Å². The summed E-state index contributed by atoms with van der Waals surface area (Å²) in [5.74, 6) is 0.560. The number of aromatic amines is 1. The van der Waals surface area contributed by atoms with E-state index in [1.54, 1.807) is 18.5 Å². The van der Waals surface area contributed by atoms with E-state index in [0.29, 0.717) is 12.4 Å². The van der Waals surface area contributed by atoms with Gasteiger partial charge in [-0.3, -0.25) is 9.78 Å². The molecule has 4 heteroatoms. The third-order valence-electron chi connectivity index (χ3n) is 2.12. The molecule has 2 aromatic heterocycles. The molecule has 2 aromatic rings. The molecule has 0 fully saturated rings. The zero-order valence-electron chi connectivity index (χ0n) is 8.93. The molecule has 0 spiro atoms. The zero-order valence-corrected chi connectivity index (χ0v) is 8.93. The molecular weight excluding hydrogens is 204 g/mol. The Labute approximate surface area is 92.9 Å². The third-order valence-corrected chi connectivity index (χ3v) is 2.12. The van der Waals surface area contributed by atoms with Crippen molar-refractivity contribution in [1.82, 2.24) is 9.97 Å². The fourth-order valence-corrected chi connectivity index (χ4v) is 1.27. The lowest BCUT2D eigenvalue weighted by Crippen LogP contribution is -2.04. The molecule has 0 radical (unpaired) electrons. The number of ether oxygens (including phenoxy) is 1. The molecule has 2 rings (SSSR count). The molecule has 4 nitrogen and oxygen atoms in total. The Hall–Kier alpha value is -2.10. The molecule has 0 atom stereocenters. The summed E-state index contributed by atoms with van der Waals surface area (Å²) in [6, 6.07) is 7.01. The summed E-state index contributed by atoms with van der Waals surface area (Å²) in [7, 11) is 0. The second-order valence-electron chi connectivity index (χ2n) is 3.49. The van der Waals surface area contributed by atoms with Crippen molar-refractivity contribution in [1.29, 1.82) is 0 Å². The van der Waals surface area contributed by atoms with Crippen LogP contribution in [0.1, 0.15) is 11.3 Å². The summed E-state index contributed by atoms with van der Waals surface area (Å²) in [4.78, 5) is 17.7. The van der Waals surface area contributed by atoms with Gasteiger partial charge in [0.2, 0.25) is 0 Å². The average molecular weight is 216 g/mol. The number of H-pyrrole nitrogens is 1. The molecule has 0 saturated carbocycles. The Balaban J connectivity index is 2.02.